The highest BCUT2D eigenvalue weighted by Crippen LogP contribution is 2.34. The van der Waals surface area contributed by atoms with E-state index >= 15 is 0 Å². The molecule has 9 heteroatoms. The average Bonchev–Trinajstić information content (AvgIpc) is 2.97. The van der Waals surface area contributed by atoms with E-state index in [9.17, 15) is 9.59 Å². The molecule has 2 aliphatic heterocycles. The van der Waals surface area contributed by atoms with Crippen molar-refractivity contribution in [3.63, 3.8) is 0 Å². The fraction of sp³-hybridized carbons (Fsp3) is 0.292. The van der Waals surface area contributed by atoms with Gasteiger partial charge in [-0.25, -0.2) is 4.99 Å². The third kappa shape index (κ3) is 5.87. The largest absolute Gasteiger partial charge is 0.486 e. The number of anilines is 2. The van der Waals surface area contributed by atoms with Crippen LogP contribution in [-0.4, -0.2) is 42.0 Å². The van der Waals surface area contributed by atoms with Gasteiger partial charge in [0.1, 0.15) is 13.2 Å². The highest BCUT2D eigenvalue weighted by Gasteiger charge is 2.21. The molecule has 2 aromatic carbocycles. The van der Waals surface area contributed by atoms with Crippen LogP contribution in [0.2, 0.25) is 0 Å². The molecule has 172 valence electrons. The number of esters is 1. The molecule has 0 saturated carbocycles. The molecule has 0 aliphatic carbocycles. The Morgan fingerprint density at radius 1 is 1.18 bits per heavy atom. The maximum Gasteiger partial charge on any atom is 0.311 e. The topological polar surface area (TPSA) is 98.3 Å². The van der Waals surface area contributed by atoms with Crippen LogP contribution < -0.4 is 20.1 Å². The maximum absolute atomic E-state index is 12.9. The van der Waals surface area contributed by atoms with E-state index < -0.39 is 5.25 Å². The zero-order valence-corrected chi connectivity index (χ0v) is 19.2. The van der Waals surface area contributed by atoms with E-state index in [1.165, 1.54) is 11.8 Å². The minimum atomic E-state index is -0.442. The van der Waals surface area contributed by atoms with Crippen molar-refractivity contribution in [2.75, 3.05) is 30.5 Å². The van der Waals surface area contributed by atoms with Crippen molar-refractivity contribution in [3.05, 3.63) is 54.2 Å². The summed E-state index contributed by atoms with van der Waals surface area (Å²) < 4.78 is 16.2. The van der Waals surface area contributed by atoms with Gasteiger partial charge in [0.15, 0.2) is 11.5 Å². The lowest BCUT2D eigenvalue weighted by molar-refractivity contribution is -0.142. The van der Waals surface area contributed by atoms with Crippen LogP contribution >= 0.6 is 11.8 Å². The number of aliphatic imine (C=N–C) groups is 1. The lowest BCUT2D eigenvalue weighted by Crippen LogP contribution is -2.24. The molecule has 0 bridgehead atoms. The zero-order chi connectivity index (χ0) is 23.2. The van der Waals surface area contributed by atoms with E-state index in [1.807, 2.05) is 31.2 Å². The predicted octanol–water partition coefficient (Wildman–Crippen LogP) is 4.51. The van der Waals surface area contributed by atoms with Crippen molar-refractivity contribution in [2.45, 2.75) is 25.5 Å². The van der Waals surface area contributed by atoms with Gasteiger partial charge in [0, 0.05) is 17.5 Å². The summed E-state index contributed by atoms with van der Waals surface area (Å²) in [6.45, 7) is 4.89. The minimum absolute atomic E-state index is 0.0829. The van der Waals surface area contributed by atoms with Gasteiger partial charge in [-0.15, -0.1) is 0 Å². The van der Waals surface area contributed by atoms with E-state index in [1.54, 1.807) is 31.2 Å². The fourth-order valence-corrected chi connectivity index (χ4v) is 4.20. The Hall–Kier alpha value is -3.46. The molecule has 2 aromatic rings. The van der Waals surface area contributed by atoms with E-state index in [4.69, 9.17) is 19.2 Å². The van der Waals surface area contributed by atoms with Crippen LogP contribution in [0.4, 0.5) is 17.1 Å². The summed E-state index contributed by atoms with van der Waals surface area (Å²) in [5.41, 5.74) is 2.81. The number of amides is 1. The number of carbonyl (C=O) groups is 2. The molecule has 0 aromatic heterocycles. The summed E-state index contributed by atoms with van der Waals surface area (Å²) in [5, 5.41) is 6.35. The standard InChI is InChI=1S/C24H25N3O5S/c1-3-30-23(28)14-17-13-22(27-19-7-5-4-6-18(19)25-17)33-15(2)24(29)26-16-8-9-20-21(12-16)32-11-10-31-20/h4-9,12-13,15,25H,3,10-11,14H2,1-2H3,(H,26,29)/t15-/m1/s1. The number of fused-ring (bicyclic) bond motifs is 2. The minimum Gasteiger partial charge on any atom is -0.486 e. The van der Waals surface area contributed by atoms with Crippen molar-refractivity contribution >= 4 is 45.7 Å². The van der Waals surface area contributed by atoms with Crippen molar-refractivity contribution in [3.8, 4) is 11.5 Å². The van der Waals surface area contributed by atoms with Crippen LogP contribution in [0.25, 0.3) is 0 Å². The number of rotatable bonds is 6. The molecule has 0 radical (unpaired) electrons. The van der Waals surface area contributed by atoms with E-state index in [0.717, 1.165) is 11.4 Å². The van der Waals surface area contributed by atoms with Gasteiger partial charge in [-0.05, 0) is 44.2 Å². The lowest BCUT2D eigenvalue weighted by Gasteiger charge is -2.19. The number of ether oxygens (including phenoxy) is 3. The van der Waals surface area contributed by atoms with E-state index in [2.05, 4.69) is 10.6 Å². The average molecular weight is 468 g/mol. The fourth-order valence-electron chi connectivity index (χ4n) is 3.31. The number of para-hydroxylation sites is 2. The first kappa shape index (κ1) is 22.7. The van der Waals surface area contributed by atoms with Crippen molar-refractivity contribution < 1.29 is 23.8 Å². The number of benzene rings is 2. The first-order chi connectivity index (χ1) is 16.0. The summed E-state index contributed by atoms with van der Waals surface area (Å²) in [5.74, 6) is 0.774. The van der Waals surface area contributed by atoms with Crippen LogP contribution in [-0.2, 0) is 14.3 Å². The molecule has 4 rings (SSSR count). The van der Waals surface area contributed by atoms with Crippen molar-refractivity contribution in [1.82, 2.24) is 0 Å². The highest BCUT2D eigenvalue weighted by atomic mass is 32.2. The van der Waals surface area contributed by atoms with Gasteiger partial charge in [0.05, 0.1) is 34.7 Å². The van der Waals surface area contributed by atoms with Crippen LogP contribution in [0.15, 0.2) is 59.2 Å². The third-order valence-electron chi connectivity index (χ3n) is 4.84. The van der Waals surface area contributed by atoms with Crippen LogP contribution in [0.5, 0.6) is 11.5 Å². The second kappa shape index (κ2) is 10.4. The van der Waals surface area contributed by atoms with Gasteiger partial charge < -0.3 is 24.8 Å². The maximum atomic E-state index is 12.9. The van der Waals surface area contributed by atoms with Crippen molar-refractivity contribution in [1.29, 1.82) is 0 Å². The number of nitrogens with one attached hydrogen (secondary N) is 2. The van der Waals surface area contributed by atoms with Crippen LogP contribution in [0.3, 0.4) is 0 Å². The molecule has 2 heterocycles. The summed E-state index contributed by atoms with van der Waals surface area (Å²) in [4.78, 5) is 29.6. The molecule has 0 saturated heterocycles. The Morgan fingerprint density at radius 3 is 2.79 bits per heavy atom. The Labute approximate surface area is 196 Å². The van der Waals surface area contributed by atoms with Crippen LogP contribution in [0.1, 0.15) is 20.3 Å². The van der Waals surface area contributed by atoms with Gasteiger partial charge in [-0.2, -0.15) is 0 Å². The smallest absolute Gasteiger partial charge is 0.311 e. The Balaban J connectivity index is 1.48. The molecule has 1 amide bonds. The van der Waals surface area contributed by atoms with Gasteiger partial charge in [-0.3, -0.25) is 9.59 Å². The van der Waals surface area contributed by atoms with E-state index in [-0.39, 0.29) is 18.3 Å². The molecule has 1 atom stereocenters. The molecule has 0 spiro atoms. The Morgan fingerprint density at radius 2 is 1.97 bits per heavy atom. The first-order valence-electron chi connectivity index (χ1n) is 10.7. The van der Waals surface area contributed by atoms with E-state index in [0.29, 0.717) is 47.7 Å². The molecule has 0 fully saturated rings. The lowest BCUT2D eigenvalue weighted by atomic mass is 10.2. The number of carbonyl (C=O) groups excluding carboxylic acids is 2. The second-order valence-corrected chi connectivity index (χ2v) is 8.71. The molecular formula is C24H25N3O5S. The summed E-state index contributed by atoms with van der Waals surface area (Å²) in [7, 11) is 0. The van der Waals surface area contributed by atoms with Gasteiger partial charge in [0.25, 0.3) is 0 Å². The molecule has 0 unspecified atom stereocenters. The van der Waals surface area contributed by atoms with Gasteiger partial charge >= 0.3 is 5.97 Å². The monoisotopic (exact) mass is 467 g/mol. The predicted molar refractivity (Wildman–Crippen MR) is 130 cm³/mol. The third-order valence-corrected chi connectivity index (χ3v) is 5.86. The quantitative estimate of drug-likeness (QED) is 0.603. The molecule has 8 nitrogen and oxygen atoms in total. The molecule has 2 N–H and O–H groups in total. The number of hydrogen-bond donors (Lipinski definition) is 2. The second-order valence-electron chi connectivity index (χ2n) is 7.35. The van der Waals surface area contributed by atoms with Gasteiger partial charge in [-0.1, -0.05) is 23.9 Å². The normalized spacial score (nSPS) is 15.1. The zero-order valence-electron chi connectivity index (χ0n) is 18.4. The molecule has 2 aliphatic rings. The number of thioether (sulfide) groups is 1. The van der Waals surface area contributed by atoms with Gasteiger partial charge in [0.2, 0.25) is 5.91 Å². The Kier molecular flexibility index (Phi) is 7.19. The molecular weight excluding hydrogens is 442 g/mol. The number of nitrogens with zero attached hydrogens (tertiary/aromatic N) is 1. The summed E-state index contributed by atoms with van der Waals surface area (Å²) in [6.07, 6.45) is 1.87. The van der Waals surface area contributed by atoms with Crippen molar-refractivity contribution in [2.24, 2.45) is 4.99 Å². The first-order valence-corrected chi connectivity index (χ1v) is 11.6. The highest BCUT2D eigenvalue weighted by molar-refractivity contribution is 8.15. The SMILES string of the molecule is CCOC(=O)CC1=CC(S[C@H](C)C(=O)Nc2ccc3c(c2)OCCO3)=Nc2ccccc2N1. The Bertz CT molecular complexity index is 1120. The number of hydrogen-bond acceptors (Lipinski definition) is 8. The summed E-state index contributed by atoms with van der Waals surface area (Å²) >= 11 is 1.31. The molecule has 33 heavy (non-hydrogen) atoms. The summed E-state index contributed by atoms with van der Waals surface area (Å²) in [6, 6.07) is 12.9. The van der Waals surface area contributed by atoms with Crippen LogP contribution in [0, 0.1) is 0 Å².